The van der Waals surface area contributed by atoms with Crippen LogP contribution >= 0.6 is 12.0 Å². The van der Waals surface area contributed by atoms with Gasteiger partial charge in [0.15, 0.2) is 0 Å². The Labute approximate surface area is 197 Å². The van der Waals surface area contributed by atoms with Crippen molar-refractivity contribution in [1.82, 2.24) is 0 Å². The maximum atomic E-state index is 13.6. The minimum Gasteiger partial charge on any atom is -0.710 e. The third-order valence-corrected chi connectivity index (χ3v) is 9.65. The van der Waals surface area contributed by atoms with Crippen LogP contribution in [0.4, 0.5) is 8.78 Å². The zero-order chi connectivity index (χ0) is 23.3. The summed E-state index contributed by atoms with van der Waals surface area (Å²) in [6.07, 6.45) is 12.9. The van der Waals surface area contributed by atoms with Gasteiger partial charge in [0.25, 0.3) is 0 Å². The fourth-order valence-corrected chi connectivity index (χ4v) is 8.63. The molecule has 0 spiro atoms. The third kappa shape index (κ3) is 4.79. The van der Waals surface area contributed by atoms with Crippen molar-refractivity contribution in [2.45, 2.75) is 94.3 Å². The molecule has 0 heterocycles. The Morgan fingerprint density at radius 1 is 0.970 bits per heavy atom. The van der Waals surface area contributed by atoms with Gasteiger partial charge in [0.2, 0.25) is 0 Å². The Morgan fingerprint density at radius 2 is 1.67 bits per heavy atom. The molecule has 0 saturated heterocycles. The van der Waals surface area contributed by atoms with E-state index in [4.69, 9.17) is 9.47 Å². The van der Waals surface area contributed by atoms with E-state index in [2.05, 4.69) is 4.33 Å². The van der Waals surface area contributed by atoms with E-state index in [1.54, 1.807) is 0 Å². The van der Waals surface area contributed by atoms with Crippen LogP contribution in [0.1, 0.15) is 83.5 Å². The third-order valence-electron chi connectivity index (χ3n) is 9.20. The number of carbonyl (C=O) groups excluding carboxylic acids is 2. The molecule has 6 aliphatic rings. The predicted molar refractivity (Wildman–Crippen MR) is 113 cm³/mol. The van der Waals surface area contributed by atoms with Crippen LogP contribution in [0.5, 0.6) is 0 Å². The lowest BCUT2D eigenvalue weighted by Gasteiger charge is -2.61. The Bertz CT molecular complexity index is 762. The fourth-order valence-electron chi connectivity index (χ4n) is 8.42. The number of carbonyl (C=O) groups is 2. The number of halogens is 2. The van der Waals surface area contributed by atoms with Crippen LogP contribution in [-0.2, 0) is 23.4 Å². The zero-order valence-corrected chi connectivity index (χ0v) is 19.7. The summed E-state index contributed by atoms with van der Waals surface area (Å²) in [6, 6.07) is 0. The minimum atomic E-state index is -4.04. The average Bonchev–Trinajstić information content (AvgIpc) is 2.76. The number of esters is 2. The van der Waals surface area contributed by atoms with Gasteiger partial charge in [-0.3, -0.25) is 4.79 Å². The standard InChI is InChI=1S/C24H34F2O6S/c25-24(26,33-32-29)21(28)30-14-22-9-15-7-16(10-22)12-23(11-15,13-22)31-20(27)19-6-5-17-3-1-2-4-18(17)8-19/h15-19,29H,1-14H2/p-1. The molecule has 6 rings (SSSR count). The molecule has 9 heteroatoms. The Hall–Kier alpha value is -0.930. The molecule has 5 unspecified atom stereocenters. The van der Waals surface area contributed by atoms with E-state index in [0.29, 0.717) is 24.2 Å². The first-order valence-corrected chi connectivity index (χ1v) is 13.2. The number of ether oxygens (including phenoxy) is 2. The van der Waals surface area contributed by atoms with Gasteiger partial charge in [-0.2, -0.15) is 8.78 Å². The summed E-state index contributed by atoms with van der Waals surface area (Å²) in [6.45, 7) is -0.139. The molecule has 6 aliphatic carbocycles. The molecule has 33 heavy (non-hydrogen) atoms. The van der Waals surface area contributed by atoms with Gasteiger partial charge in [0.05, 0.1) is 24.6 Å². The molecular weight excluding hydrogens is 454 g/mol. The minimum absolute atomic E-state index is 0.0334. The van der Waals surface area contributed by atoms with Crippen LogP contribution in [0.2, 0.25) is 0 Å². The molecular formula is C24H33F2O6S-. The molecule has 5 atom stereocenters. The molecule has 6 saturated carbocycles. The highest BCUT2D eigenvalue weighted by atomic mass is 32.2. The van der Waals surface area contributed by atoms with Crippen LogP contribution in [0, 0.1) is 35.0 Å². The van der Waals surface area contributed by atoms with Crippen molar-refractivity contribution in [2.75, 3.05) is 6.61 Å². The topological polar surface area (TPSA) is 84.9 Å². The Balaban J connectivity index is 1.23. The first kappa shape index (κ1) is 23.8. The first-order chi connectivity index (χ1) is 15.7. The highest BCUT2D eigenvalue weighted by Gasteiger charge is 2.60. The second-order valence-corrected chi connectivity index (χ2v) is 12.4. The maximum Gasteiger partial charge on any atom is 0.412 e. The molecule has 0 aromatic rings. The van der Waals surface area contributed by atoms with Crippen LogP contribution in [0.25, 0.3) is 0 Å². The van der Waals surface area contributed by atoms with Gasteiger partial charge in [-0.25, -0.2) is 4.79 Å². The van der Waals surface area contributed by atoms with Gasteiger partial charge >= 0.3 is 17.2 Å². The van der Waals surface area contributed by atoms with Crippen LogP contribution in [-0.4, -0.2) is 29.4 Å². The second kappa shape index (κ2) is 8.94. The van der Waals surface area contributed by atoms with Crippen LogP contribution in [0.15, 0.2) is 0 Å². The summed E-state index contributed by atoms with van der Waals surface area (Å²) >= 11 is -0.743. The average molecular weight is 488 g/mol. The fraction of sp³-hybridized carbons (Fsp3) is 0.917. The molecule has 0 aromatic carbocycles. The van der Waals surface area contributed by atoms with Gasteiger partial charge in [0, 0.05) is 5.41 Å². The zero-order valence-electron chi connectivity index (χ0n) is 18.9. The van der Waals surface area contributed by atoms with Gasteiger partial charge in [-0.15, -0.1) is 0 Å². The van der Waals surface area contributed by atoms with Crippen molar-refractivity contribution < 1.29 is 37.4 Å². The van der Waals surface area contributed by atoms with Gasteiger partial charge in [-0.05, 0) is 81.5 Å². The number of rotatable bonds is 7. The molecule has 0 N–H and O–H groups in total. The smallest absolute Gasteiger partial charge is 0.412 e. The summed E-state index contributed by atoms with van der Waals surface area (Å²) in [4.78, 5) is 25.1. The van der Waals surface area contributed by atoms with Crippen molar-refractivity contribution in [3.05, 3.63) is 0 Å². The second-order valence-electron chi connectivity index (χ2n) is 11.6. The Morgan fingerprint density at radius 3 is 2.36 bits per heavy atom. The lowest BCUT2D eigenvalue weighted by atomic mass is 9.48. The van der Waals surface area contributed by atoms with E-state index in [9.17, 15) is 23.6 Å². The molecule has 0 aliphatic heterocycles. The van der Waals surface area contributed by atoms with E-state index in [-0.39, 0.29) is 18.5 Å². The van der Waals surface area contributed by atoms with Crippen LogP contribution in [0.3, 0.4) is 0 Å². The number of hydrogen-bond donors (Lipinski definition) is 0. The molecule has 4 bridgehead atoms. The normalized spacial score (nSPS) is 42.0. The largest absolute Gasteiger partial charge is 0.710 e. The number of fused-ring (bicyclic) bond motifs is 1. The van der Waals surface area contributed by atoms with Crippen molar-refractivity contribution in [3.8, 4) is 0 Å². The molecule has 0 radical (unpaired) electrons. The van der Waals surface area contributed by atoms with Crippen molar-refractivity contribution in [3.63, 3.8) is 0 Å². The Kier molecular flexibility index (Phi) is 6.44. The van der Waals surface area contributed by atoms with E-state index < -0.39 is 34.3 Å². The lowest BCUT2D eigenvalue weighted by Crippen LogP contribution is -2.59. The quantitative estimate of drug-likeness (QED) is 0.225. The van der Waals surface area contributed by atoms with Gasteiger partial charge in [-0.1, -0.05) is 25.7 Å². The SMILES string of the molecule is O=C(OC12CC3CC(CC(COC(=O)C(F)(F)SO[O-])(C3)C1)C2)C1CCC2CCCCC2C1. The monoisotopic (exact) mass is 487 g/mol. The van der Waals surface area contributed by atoms with E-state index >= 15 is 0 Å². The van der Waals surface area contributed by atoms with Gasteiger partial charge in [0.1, 0.15) is 5.60 Å². The van der Waals surface area contributed by atoms with Crippen LogP contribution < -0.4 is 5.26 Å². The molecule has 0 aromatic heterocycles. The van der Waals surface area contributed by atoms with Gasteiger partial charge < -0.3 is 19.1 Å². The summed E-state index contributed by atoms with van der Waals surface area (Å²) in [5.74, 6) is 0.249. The van der Waals surface area contributed by atoms with Crippen molar-refractivity contribution in [1.29, 1.82) is 0 Å². The van der Waals surface area contributed by atoms with E-state index in [1.165, 1.54) is 25.7 Å². The summed E-state index contributed by atoms with van der Waals surface area (Å²) in [5, 5.41) is 6.02. The van der Waals surface area contributed by atoms with E-state index in [1.807, 2.05) is 0 Å². The highest BCUT2D eigenvalue weighted by Crippen LogP contribution is 2.63. The summed E-state index contributed by atoms with van der Waals surface area (Å²) in [7, 11) is 0. The van der Waals surface area contributed by atoms with Crippen molar-refractivity contribution in [2.24, 2.45) is 35.0 Å². The maximum absolute atomic E-state index is 13.6. The molecule has 6 fully saturated rings. The molecule has 0 amide bonds. The summed E-state index contributed by atoms with van der Waals surface area (Å²) < 4.78 is 41.7. The lowest BCUT2D eigenvalue weighted by molar-refractivity contribution is -0.630. The molecule has 6 nitrogen and oxygen atoms in total. The molecule has 186 valence electrons. The number of hydrogen-bond acceptors (Lipinski definition) is 7. The van der Waals surface area contributed by atoms with E-state index in [0.717, 1.165) is 57.3 Å². The predicted octanol–water partition coefficient (Wildman–Crippen LogP) is 4.55. The van der Waals surface area contributed by atoms with Crippen molar-refractivity contribution >= 4 is 24.0 Å². The highest BCUT2D eigenvalue weighted by molar-refractivity contribution is 7.96. The summed E-state index contributed by atoms with van der Waals surface area (Å²) in [5.41, 5.74) is -1.01. The number of alkyl halides is 2. The first-order valence-electron chi connectivity index (χ1n) is 12.5.